The number of aryl methyl sites for hydroxylation is 1. The highest BCUT2D eigenvalue weighted by atomic mass is 16.5. The average molecular weight is 396 g/mol. The molecule has 0 aliphatic carbocycles. The zero-order valence-corrected chi connectivity index (χ0v) is 16.4. The van der Waals surface area contributed by atoms with Crippen LogP contribution in [0.3, 0.4) is 0 Å². The van der Waals surface area contributed by atoms with Crippen LogP contribution in [0.25, 0.3) is 0 Å². The van der Waals surface area contributed by atoms with Crippen molar-refractivity contribution in [1.29, 1.82) is 0 Å². The summed E-state index contributed by atoms with van der Waals surface area (Å²) in [5, 5.41) is 5.98. The molecule has 1 heterocycles. The Kier molecular flexibility index (Phi) is 5.66. The van der Waals surface area contributed by atoms with Crippen LogP contribution in [0.5, 0.6) is 11.5 Å². The highest BCUT2D eigenvalue weighted by Crippen LogP contribution is 2.23. The first-order chi connectivity index (χ1) is 14.7. The van der Waals surface area contributed by atoms with Gasteiger partial charge in [-0.15, -0.1) is 0 Å². The number of aromatic nitrogens is 2. The number of nitrogens with zero attached hydrogens (tertiary/aromatic N) is 2. The van der Waals surface area contributed by atoms with Gasteiger partial charge in [0.25, 0.3) is 5.91 Å². The van der Waals surface area contributed by atoms with E-state index in [4.69, 9.17) is 4.74 Å². The number of anilines is 3. The Morgan fingerprint density at radius 3 is 2.13 bits per heavy atom. The van der Waals surface area contributed by atoms with Crippen molar-refractivity contribution in [3.8, 4) is 11.5 Å². The summed E-state index contributed by atoms with van der Waals surface area (Å²) in [6.45, 7) is 1.94. The number of carbonyl (C=O) groups excluding carboxylic acids is 1. The van der Waals surface area contributed by atoms with Crippen molar-refractivity contribution < 1.29 is 9.53 Å². The zero-order chi connectivity index (χ0) is 20.8. The molecule has 3 aromatic carbocycles. The second-order valence-electron chi connectivity index (χ2n) is 6.63. The minimum Gasteiger partial charge on any atom is -0.457 e. The number of para-hydroxylation sites is 2. The molecule has 6 nitrogen and oxygen atoms in total. The van der Waals surface area contributed by atoms with Gasteiger partial charge in [0.05, 0.1) is 5.56 Å². The lowest BCUT2D eigenvalue weighted by atomic mass is 10.2. The lowest BCUT2D eigenvalue weighted by Crippen LogP contribution is -2.13. The van der Waals surface area contributed by atoms with Gasteiger partial charge < -0.3 is 15.4 Å². The highest BCUT2D eigenvalue weighted by Gasteiger charge is 2.09. The second kappa shape index (κ2) is 8.87. The van der Waals surface area contributed by atoms with Gasteiger partial charge in [-0.3, -0.25) is 4.79 Å². The van der Waals surface area contributed by atoms with E-state index in [1.54, 1.807) is 0 Å². The van der Waals surface area contributed by atoms with Crippen molar-refractivity contribution in [1.82, 2.24) is 9.97 Å². The Morgan fingerprint density at radius 1 is 0.800 bits per heavy atom. The number of amides is 1. The summed E-state index contributed by atoms with van der Waals surface area (Å²) in [5.41, 5.74) is 2.95. The van der Waals surface area contributed by atoms with E-state index in [0.29, 0.717) is 11.5 Å². The lowest BCUT2D eigenvalue weighted by molar-refractivity contribution is 0.102. The summed E-state index contributed by atoms with van der Waals surface area (Å²) in [6.07, 6.45) is 2.99. The maximum absolute atomic E-state index is 12.4. The first-order valence-electron chi connectivity index (χ1n) is 9.46. The quantitative estimate of drug-likeness (QED) is 0.445. The van der Waals surface area contributed by atoms with Crippen molar-refractivity contribution in [2.75, 3.05) is 10.6 Å². The predicted octanol–water partition coefficient (Wildman–Crippen LogP) is 5.57. The third-order valence-corrected chi connectivity index (χ3v) is 4.40. The second-order valence-corrected chi connectivity index (χ2v) is 6.63. The fourth-order valence-electron chi connectivity index (χ4n) is 2.78. The van der Waals surface area contributed by atoms with Crippen LogP contribution in [-0.4, -0.2) is 15.9 Å². The third-order valence-electron chi connectivity index (χ3n) is 4.40. The van der Waals surface area contributed by atoms with E-state index in [9.17, 15) is 4.79 Å². The molecule has 6 heteroatoms. The number of benzene rings is 3. The largest absolute Gasteiger partial charge is 0.457 e. The number of nitrogens with one attached hydrogen (secondary N) is 2. The molecule has 0 aliphatic heterocycles. The molecule has 2 N–H and O–H groups in total. The molecule has 0 unspecified atom stereocenters. The maximum atomic E-state index is 12.4. The van der Waals surface area contributed by atoms with Gasteiger partial charge in [-0.05, 0) is 55.0 Å². The number of ether oxygens (including phenoxy) is 1. The van der Waals surface area contributed by atoms with Gasteiger partial charge >= 0.3 is 0 Å². The normalized spacial score (nSPS) is 10.3. The Morgan fingerprint density at radius 2 is 1.43 bits per heavy atom. The molecule has 0 aliphatic rings. The molecule has 0 bridgehead atoms. The summed E-state index contributed by atoms with van der Waals surface area (Å²) < 4.78 is 5.78. The standard InChI is InChI=1S/C24H20N4O2/c1-17-7-5-6-10-22(17)28-23(29)18-15-25-24(26-16-18)27-19-11-13-21(14-12-19)30-20-8-3-2-4-9-20/h2-16H,1H3,(H,28,29)(H,25,26,27). The number of hydrogen-bond donors (Lipinski definition) is 2. The molecule has 4 rings (SSSR count). The summed E-state index contributed by atoms with van der Waals surface area (Å²) in [5.74, 6) is 1.66. The summed E-state index contributed by atoms with van der Waals surface area (Å²) >= 11 is 0. The van der Waals surface area contributed by atoms with Crippen LogP contribution in [0.4, 0.5) is 17.3 Å². The molecule has 148 valence electrons. The van der Waals surface area contributed by atoms with Crippen molar-refractivity contribution in [2.24, 2.45) is 0 Å². The fraction of sp³-hybridized carbons (Fsp3) is 0.0417. The van der Waals surface area contributed by atoms with E-state index in [2.05, 4.69) is 20.6 Å². The van der Waals surface area contributed by atoms with Crippen LogP contribution in [0.2, 0.25) is 0 Å². The van der Waals surface area contributed by atoms with E-state index < -0.39 is 0 Å². The SMILES string of the molecule is Cc1ccccc1NC(=O)c1cnc(Nc2ccc(Oc3ccccc3)cc2)nc1. The van der Waals surface area contributed by atoms with Crippen molar-refractivity contribution in [3.63, 3.8) is 0 Å². The van der Waals surface area contributed by atoms with Gasteiger partial charge in [0.2, 0.25) is 5.95 Å². The lowest BCUT2D eigenvalue weighted by Gasteiger charge is -2.09. The smallest absolute Gasteiger partial charge is 0.258 e. The topological polar surface area (TPSA) is 76.1 Å². The molecule has 0 atom stereocenters. The van der Waals surface area contributed by atoms with Gasteiger partial charge in [0.1, 0.15) is 11.5 Å². The zero-order valence-electron chi connectivity index (χ0n) is 16.4. The number of carbonyl (C=O) groups is 1. The fourth-order valence-corrected chi connectivity index (χ4v) is 2.78. The minimum absolute atomic E-state index is 0.252. The summed E-state index contributed by atoms with van der Waals surface area (Å²) in [4.78, 5) is 20.9. The van der Waals surface area contributed by atoms with Gasteiger partial charge in [-0.1, -0.05) is 36.4 Å². The van der Waals surface area contributed by atoms with Crippen LogP contribution in [0.15, 0.2) is 91.3 Å². The first kappa shape index (κ1) is 19.1. The van der Waals surface area contributed by atoms with E-state index in [-0.39, 0.29) is 5.91 Å². The molecule has 0 spiro atoms. The molecule has 1 aromatic heterocycles. The summed E-state index contributed by atoms with van der Waals surface area (Å²) in [6, 6.07) is 24.7. The molecule has 0 saturated heterocycles. The molecule has 1 amide bonds. The van der Waals surface area contributed by atoms with Crippen molar-refractivity contribution >= 4 is 23.2 Å². The molecule has 0 radical (unpaired) electrons. The van der Waals surface area contributed by atoms with Crippen LogP contribution in [0, 0.1) is 6.92 Å². The Balaban J connectivity index is 1.37. The van der Waals surface area contributed by atoms with E-state index >= 15 is 0 Å². The average Bonchev–Trinajstić information content (AvgIpc) is 2.78. The summed E-state index contributed by atoms with van der Waals surface area (Å²) in [7, 11) is 0. The van der Waals surface area contributed by atoms with Crippen LogP contribution >= 0.6 is 0 Å². The monoisotopic (exact) mass is 396 g/mol. The number of rotatable bonds is 6. The molecule has 4 aromatic rings. The van der Waals surface area contributed by atoms with Crippen molar-refractivity contribution in [2.45, 2.75) is 6.92 Å². The van der Waals surface area contributed by atoms with E-state index in [0.717, 1.165) is 28.4 Å². The van der Waals surface area contributed by atoms with Crippen molar-refractivity contribution in [3.05, 3.63) is 102 Å². The molecule has 0 fully saturated rings. The predicted molar refractivity (Wildman–Crippen MR) is 117 cm³/mol. The molecular weight excluding hydrogens is 376 g/mol. The van der Waals surface area contributed by atoms with E-state index in [1.165, 1.54) is 12.4 Å². The van der Waals surface area contributed by atoms with Crippen LogP contribution < -0.4 is 15.4 Å². The highest BCUT2D eigenvalue weighted by molar-refractivity contribution is 6.04. The van der Waals surface area contributed by atoms with Gasteiger partial charge in [0, 0.05) is 23.8 Å². The molecule has 30 heavy (non-hydrogen) atoms. The Labute approximate surface area is 174 Å². The van der Waals surface area contributed by atoms with Crippen LogP contribution in [0.1, 0.15) is 15.9 Å². The van der Waals surface area contributed by atoms with Crippen LogP contribution in [-0.2, 0) is 0 Å². The van der Waals surface area contributed by atoms with Gasteiger partial charge in [-0.2, -0.15) is 0 Å². The minimum atomic E-state index is -0.252. The first-order valence-corrected chi connectivity index (χ1v) is 9.46. The third kappa shape index (κ3) is 4.80. The number of hydrogen-bond acceptors (Lipinski definition) is 5. The molecule has 0 saturated carbocycles. The van der Waals surface area contributed by atoms with Gasteiger partial charge in [0.15, 0.2) is 0 Å². The Bertz CT molecular complexity index is 1130. The Hall–Kier alpha value is -4.19. The maximum Gasteiger partial charge on any atom is 0.258 e. The molecular formula is C24H20N4O2. The van der Waals surface area contributed by atoms with E-state index in [1.807, 2.05) is 85.8 Å². The van der Waals surface area contributed by atoms with Gasteiger partial charge in [-0.25, -0.2) is 9.97 Å².